The molecule has 0 aliphatic rings. The zero-order chi connectivity index (χ0) is 13.1. The maximum Gasteiger partial charge on any atom is 0.0484 e. The first-order valence-electron chi connectivity index (χ1n) is 6.36. The highest BCUT2D eigenvalue weighted by atomic mass is 32.1. The quantitative estimate of drug-likeness (QED) is 0.561. The number of aryl methyl sites for hydroxylation is 2. The summed E-state index contributed by atoms with van der Waals surface area (Å²) in [5.41, 5.74) is 2.64. The van der Waals surface area contributed by atoms with Crippen molar-refractivity contribution >= 4 is 22.2 Å². The number of hydrogen-bond acceptors (Lipinski definition) is 1. The lowest BCUT2D eigenvalue weighted by molar-refractivity contribution is 0.970. The maximum atomic E-state index is 2.22. The van der Waals surface area contributed by atoms with Crippen molar-refractivity contribution in [1.29, 1.82) is 0 Å². The van der Waals surface area contributed by atoms with Crippen LogP contribution in [0.2, 0.25) is 0 Å². The van der Waals surface area contributed by atoms with Gasteiger partial charge >= 0.3 is 0 Å². The molecule has 0 saturated heterocycles. The summed E-state index contributed by atoms with van der Waals surface area (Å²) in [5, 5.41) is 1.34. The van der Waals surface area contributed by atoms with Gasteiger partial charge in [-0.2, -0.15) is 0 Å². The highest BCUT2D eigenvalue weighted by Gasteiger charge is 2.08. The molecular formula is C16H19NS. The van der Waals surface area contributed by atoms with E-state index in [1.807, 2.05) is 25.2 Å². The Morgan fingerprint density at radius 3 is 2.39 bits per heavy atom. The molecule has 18 heavy (non-hydrogen) atoms. The lowest BCUT2D eigenvalue weighted by Crippen LogP contribution is -1.81. The molecule has 0 radical (unpaired) electrons. The minimum Gasteiger partial charge on any atom is -0.350 e. The highest BCUT2D eigenvalue weighted by Crippen LogP contribution is 2.34. The fourth-order valence-corrected chi connectivity index (χ4v) is 3.01. The minimum absolute atomic E-state index is 1.29. The third kappa shape index (κ3) is 2.21. The van der Waals surface area contributed by atoms with Crippen molar-refractivity contribution < 1.29 is 0 Å². The molecule has 0 N–H and O–H groups in total. The van der Waals surface area contributed by atoms with E-state index in [1.54, 1.807) is 0 Å². The summed E-state index contributed by atoms with van der Waals surface area (Å²) in [5.74, 6) is 0. The van der Waals surface area contributed by atoms with Crippen LogP contribution in [-0.4, -0.2) is 4.57 Å². The Hall–Kier alpha value is -1.54. The molecule has 0 spiro atoms. The van der Waals surface area contributed by atoms with Gasteiger partial charge in [0.15, 0.2) is 0 Å². The number of benzene rings is 1. The Morgan fingerprint density at radius 1 is 1.00 bits per heavy atom. The van der Waals surface area contributed by atoms with Crippen LogP contribution in [0, 0.1) is 6.92 Å². The van der Waals surface area contributed by atoms with Gasteiger partial charge in [0.05, 0.1) is 0 Å². The van der Waals surface area contributed by atoms with Crippen molar-refractivity contribution in [2.24, 2.45) is 7.05 Å². The van der Waals surface area contributed by atoms with Gasteiger partial charge in [0.25, 0.3) is 0 Å². The van der Waals surface area contributed by atoms with E-state index in [9.17, 15) is 0 Å². The van der Waals surface area contributed by atoms with E-state index in [0.29, 0.717) is 0 Å². The van der Waals surface area contributed by atoms with Gasteiger partial charge in [-0.25, -0.2) is 0 Å². The number of aromatic nitrogens is 1. The van der Waals surface area contributed by atoms with E-state index in [2.05, 4.69) is 61.1 Å². The van der Waals surface area contributed by atoms with Crippen LogP contribution < -0.4 is 0 Å². The second-order valence-electron chi connectivity index (χ2n) is 4.08. The predicted octanol–water partition coefficient (Wildman–Crippen LogP) is 5.24. The zero-order valence-corrected chi connectivity index (χ0v) is 12.2. The summed E-state index contributed by atoms with van der Waals surface area (Å²) >= 11 is 1.86. The number of hydrogen-bond donors (Lipinski definition) is 0. The Bertz CT molecular complexity index is 646. The topological polar surface area (TPSA) is 4.93 Å². The normalized spacial score (nSPS) is 10.2. The first kappa shape index (κ1) is 12.9. The van der Waals surface area contributed by atoms with Crippen molar-refractivity contribution in [3.8, 4) is 10.4 Å². The van der Waals surface area contributed by atoms with Gasteiger partial charge in [0.1, 0.15) is 0 Å². The summed E-state index contributed by atoms with van der Waals surface area (Å²) in [7, 11) is 2.10. The van der Waals surface area contributed by atoms with Crippen LogP contribution in [0.4, 0.5) is 0 Å². The molecule has 2 heterocycles. The largest absolute Gasteiger partial charge is 0.350 e. The van der Waals surface area contributed by atoms with E-state index in [4.69, 9.17) is 0 Å². The second-order valence-corrected chi connectivity index (χ2v) is 5.37. The van der Waals surface area contributed by atoms with Crippen molar-refractivity contribution in [3.05, 3.63) is 47.5 Å². The summed E-state index contributed by atoms with van der Waals surface area (Å²) in [6.07, 6.45) is 2.22. The zero-order valence-electron chi connectivity index (χ0n) is 11.4. The van der Waals surface area contributed by atoms with Crippen LogP contribution in [0.15, 0.2) is 42.6 Å². The summed E-state index contributed by atoms with van der Waals surface area (Å²) < 4.78 is 2.19. The Balaban J connectivity index is 0.000000574. The first-order chi connectivity index (χ1) is 8.75. The molecule has 3 aromatic rings. The lowest BCUT2D eigenvalue weighted by Gasteiger charge is -1.94. The van der Waals surface area contributed by atoms with Gasteiger partial charge in [-0.1, -0.05) is 32.0 Å². The maximum absolute atomic E-state index is 2.22. The fraction of sp³-hybridized carbons (Fsp3) is 0.250. The van der Waals surface area contributed by atoms with Crippen LogP contribution in [0.1, 0.15) is 18.7 Å². The molecule has 0 aliphatic carbocycles. The molecule has 2 heteroatoms. The summed E-state index contributed by atoms with van der Waals surface area (Å²) in [6.45, 7) is 6.15. The standard InChI is InChI=1S/C14H13NS.C2H6/c1-10-7-8-14(16-10)12-9-15(2)13-6-4-3-5-11(12)13;1-2/h3-9H,1-2H3;1-2H3. The predicted molar refractivity (Wildman–Crippen MR) is 82.3 cm³/mol. The smallest absolute Gasteiger partial charge is 0.0484 e. The third-order valence-electron chi connectivity index (χ3n) is 2.90. The van der Waals surface area contributed by atoms with Crippen molar-refractivity contribution in [2.75, 3.05) is 0 Å². The molecule has 94 valence electrons. The van der Waals surface area contributed by atoms with Gasteiger partial charge in [-0.3, -0.25) is 0 Å². The molecule has 0 fully saturated rings. The third-order valence-corrected chi connectivity index (χ3v) is 3.94. The molecule has 1 nitrogen and oxygen atoms in total. The molecule has 1 aromatic carbocycles. The molecule has 0 amide bonds. The molecule has 2 aromatic heterocycles. The van der Waals surface area contributed by atoms with E-state index in [0.717, 1.165) is 0 Å². The minimum atomic E-state index is 1.29. The number of nitrogens with zero attached hydrogens (tertiary/aromatic N) is 1. The number of rotatable bonds is 1. The van der Waals surface area contributed by atoms with Gasteiger partial charge in [0, 0.05) is 39.5 Å². The Morgan fingerprint density at radius 2 is 1.72 bits per heavy atom. The summed E-state index contributed by atoms with van der Waals surface area (Å²) in [4.78, 5) is 2.72. The van der Waals surface area contributed by atoms with Crippen LogP contribution >= 0.6 is 11.3 Å². The fourth-order valence-electron chi connectivity index (χ4n) is 2.12. The monoisotopic (exact) mass is 257 g/mol. The summed E-state index contributed by atoms with van der Waals surface area (Å²) in [6, 6.07) is 12.9. The van der Waals surface area contributed by atoms with Gasteiger partial charge in [-0.05, 0) is 25.1 Å². The molecule has 0 unspecified atom stereocenters. The van der Waals surface area contributed by atoms with Gasteiger partial charge in [0.2, 0.25) is 0 Å². The molecule has 0 atom stereocenters. The highest BCUT2D eigenvalue weighted by molar-refractivity contribution is 7.15. The molecule has 0 aliphatic heterocycles. The first-order valence-corrected chi connectivity index (χ1v) is 7.18. The number of para-hydroxylation sites is 1. The second kappa shape index (κ2) is 5.40. The molecule has 0 saturated carbocycles. The van der Waals surface area contributed by atoms with Crippen molar-refractivity contribution in [2.45, 2.75) is 20.8 Å². The van der Waals surface area contributed by atoms with Gasteiger partial charge < -0.3 is 4.57 Å². The average Bonchev–Trinajstić information content (AvgIpc) is 2.97. The number of fused-ring (bicyclic) bond motifs is 1. The Kier molecular flexibility index (Phi) is 3.87. The van der Waals surface area contributed by atoms with Crippen LogP contribution in [0.3, 0.4) is 0 Å². The number of thiophene rings is 1. The lowest BCUT2D eigenvalue weighted by atomic mass is 10.1. The van der Waals surface area contributed by atoms with E-state index >= 15 is 0 Å². The van der Waals surface area contributed by atoms with Crippen LogP contribution in [0.25, 0.3) is 21.3 Å². The Labute approximate surface area is 113 Å². The van der Waals surface area contributed by atoms with E-state index in [1.165, 1.54) is 26.2 Å². The van der Waals surface area contributed by atoms with Crippen LogP contribution in [-0.2, 0) is 7.05 Å². The van der Waals surface area contributed by atoms with Gasteiger partial charge in [-0.15, -0.1) is 11.3 Å². The van der Waals surface area contributed by atoms with E-state index in [-0.39, 0.29) is 0 Å². The SMILES string of the molecule is CC.Cc1ccc(-c2cn(C)c3ccccc23)s1. The van der Waals surface area contributed by atoms with E-state index < -0.39 is 0 Å². The van der Waals surface area contributed by atoms with Crippen LogP contribution in [0.5, 0.6) is 0 Å². The van der Waals surface area contributed by atoms with Crippen molar-refractivity contribution in [1.82, 2.24) is 4.57 Å². The van der Waals surface area contributed by atoms with Crippen molar-refractivity contribution in [3.63, 3.8) is 0 Å². The molecule has 0 bridgehead atoms. The average molecular weight is 257 g/mol. The molecule has 3 rings (SSSR count). The molecular weight excluding hydrogens is 238 g/mol.